The first-order chi connectivity index (χ1) is 8.93. The predicted octanol–water partition coefficient (Wildman–Crippen LogP) is 0.934. The molecule has 0 atom stereocenters. The number of likely N-dealkylation sites (N-methyl/N-ethyl adjacent to an activating group) is 1. The van der Waals surface area contributed by atoms with Crippen LogP contribution in [0.4, 0.5) is 5.69 Å². The maximum absolute atomic E-state index is 12.4. The van der Waals surface area contributed by atoms with Gasteiger partial charge in [-0.3, -0.25) is 0 Å². The molecule has 0 amide bonds. The molecule has 108 valence electrons. The van der Waals surface area contributed by atoms with Gasteiger partial charge in [0.2, 0.25) is 10.0 Å². The van der Waals surface area contributed by atoms with Crippen molar-refractivity contribution in [2.75, 3.05) is 39.6 Å². The smallest absolute Gasteiger partial charge is 0.246 e. The number of nitrogens with zero attached hydrogens (tertiary/aromatic N) is 1. The van der Waals surface area contributed by atoms with E-state index in [-0.39, 0.29) is 17.2 Å². The molecule has 0 unspecified atom stereocenters. The first-order valence-corrected chi connectivity index (χ1v) is 7.35. The van der Waals surface area contributed by atoms with Crippen LogP contribution in [0.3, 0.4) is 0 Å². The fourth-order valence-corrected chi connectivity index (χ4v) is 2.86. The second-order valence-electron chi connectivity index (χ2n) is 3.93. The van der Waals surface area contributed by atoms with Crippen molar-refractivity contribution in [2.24, 2.45) is 0 Å². The van der Waals surface area contributed by atoms with Gasteiger partial charge in [-0.1, -0.05) is 0 Å². The zero-order valence-corrected chi connectivity index (χ0v) is 12.2. The molecule has 1 rings (SSSR count). The summed E-state index contributed by atoms with van der Waals surface area (Å²) < 4.78 is 36.2. The number of nitrogen functional groups attached to an aromatic ring is 1. The van der Waals surface area contributed by atoms with Crippen LogP contribution < -0.4 is 10.5 Å². The third-order valence-corrected chi connectivity index (χ3v) is 4.51. The standard InChI is InChI=1S/C12H20N2O4S/c1-4-18-8-7-14(2)19(15,16)12-9-10(13)5-6-11(12)17-3/h5-6,9H,4,7-8,13H2,1-3H3. The van der Waals surface area contributed by atoms with E-state index in [0.717, 1.165) is 0 Å². The Morgan fingerprint density at radius 1 is 1.37 bits per heavy atom. The maximum Gasteiger partial charge on any atom is 0.246 e. The summed E-state index contributed by atoms with van der Waals surface area (Å²) in [6.45, 7) is 3.02. The van der Waals surface area contributed by atoms with Crippen LogP contribution in [-0.2, 0) is 14.8 Å². The highest BCUT2D eigenvalue weighted by molar-refractivity contribution is 7.89. The predicted molar refractivity (Wildman–Crippen MR) is 73.7 cm³/mol. The Kier molecular flexibility index (Phi) is 5.59. The molecule has 19 heavy (non-hydrogen) atoms. The summed E-state index contributed by atoms with van der Waals surface area (Å²) in [5, 5.41) is 0. The van der Waals surface area contributed by atoms with Gasteiger partial charge in [-0.25, -0.2) is 8.42 Å². The molecular formula is C12H20N2O4S. The Balaban J connectivity index is 3.02. The Labute approximate surface area is 114 Å². The molecule has 0 radical (unpaired) electrons. The van der Waals surface area contributed by atoms with Gasteiger partial charge in [-0.2, -0.15) is 4.31 Å². The largest absolute Gasteiger partial charge is 0.495 e. The van der Waals surface area contributed by atoms with Crippen LogP contribution in [-0.4, -0.2) is 46.6 Å². The summed E-state index contributed by atoms with van der Waals surface area (Å²) in [6.07, 6.45) is 0. The normalized spacial score (nSPS) is 11.8. The van der Waals surface area contributed by atoms with Crippen LogP contribution in [0.15, 0.2) is 23.1 Å². The summed E-state index contributed by atoms with van der Waals surface area (Å²) >= 11 is 0. The fraction of sp³-hybridized carbons (Fsp3) is 0.500. The summed E-state index contributed by atoms with van der Waals surface area (Å²) in [7, 11) is -0.718. The summed E-state index contributed by atoms with van der Waals surface area (Å²) in [5.41, 5.74) is 6.01. The summed E-state index contributed by atoms with van der Waals surface area (Å²) in [6, 6.07) is 4.53. The van der Waals surface area contributed by atoms with Gasteiger partial charge in [0.15, 0.2) is 0 Å². The highest BCUT2D eigenvalue weighted by Crippen LogP contribution is 2.27. The topological polar surface area (TPSA) is 81.9 Å². The lowest BCUT2D eigenvalue weighted by Gasteiger charge is -2.19. The van der Waals surface area contributed by atoms with Crippen LogP contribution in [0.25, 0.3) is 0 Å². The average molecular weight is 288 g/mol. The molecule has 0 aliphatic rings. The molecule has 1 aromatic carbocycles. The lowest BCUT2D eigenvalue weighted by molar-refractivity contribution is 0.138. The van der Waals surface area contributed by atoms with Gasteiger partial charge in [0.1, 0.15) is 10.6 Å². The monoisotopic (exact) mass is 288 g/mol. The first-order valence-electron chi connectivity index (χ1n) is 5.91. The number of anilines is 1. The van der Waals surface area contributed by atoms with Crippen molar-refractivity contribution >= 4 is 15.7 Å². The van der Waals surface area contributed by atoms with Crippen molar-refractivity contribution in [3.8, 4) is 5.75 Å². The van der Waals surface area contributed by atoms with Crippen LogP contribution in [0.5, 0.6) is 5.75 Å². The number of nitrogens with two attached hydrogens (primary N) is 1. The molecule has 0 saturated carbocycles. The zero-order chi connectivity index (χ0) is 14.5. The van der Waals surface area contributed by atoms with Crippen LogP contribution in [0.1, 0.15) is 6.92 Å². The van der Waals surface area contributed by atoms with Crippen LogP contribution in [0.2, 0.25) is 0 Å². The number of ether oxygens (including phenoxy) is 2. The van der Waals surface area contributed by atoms with Gasteiger partial charge in [0.25, 0.3) is 0 Å². The van der Waals surface area contributed by atoms with Gasteiger partial charge in [-0.15, -0.1) is 0 Å². The lowest BCUT2D eigenvalue weighted by atomic mass is 10.3. The van der Waals surface area contributed by atoms with E-state index in [0.29, 0.717) is 18.9 Å². The molecule has 0 spiro atoms. The van der Waals surface area contributed by atoms with E-state index in [1.807, 2.05) is 6.92 Å². The fourth-order valence-electron chi connectivity index (χ4n) is 1.52. The summed E-state index contributed by atoms with van der Waals surface area (Å²) in [5.74, 6) is 0.275. The molecule has 6 nitrogen and oxygen atoms in total. The second kappa shape index (κ2) is 6.74. The van der Waals surface area contributed by atoms with E-state index in [1.165, 1.54) is 24.5 Å². The molecule has 2 N–H and O–H groups in total. The van der Waals surface area contributed by atoms with Gasteiger partial charge < -0.3 is 15.2 Å². The number of methoxy groups -OCH3 is 1. The maximum atomic E-state index is 12.4. The van der Waals surface area contributed by atoms with Crippen LogP contribution in [0, 0.1) is 0 Å². The molecule has 0 bridgehead atoms. The third-order valence-electron chi connectivity index (χ3n) is 2.63. The van der Waals surface area contributed by atoms with E-state index in [4.69, 9.17) is 15.2 Å². The highest BCUT2D eigenvalue weighted by atomic mass is 32.2. The third kappa shape index (κ3) is 3.82. The Morgan fingerprint density at radius 2 is 2.05 bits per heavy atom. The SMILES string of the molecule is CCOCCN(C)S(=O)(=O)c1cc(N)ccc1OC. The average Bonchev–Trinajstić information content (AvgIpc) is 2.38. The number of sulfonamides is 1. The van der Waals surface area contributed by atoms with Crippen molar-refractivity contribution in [2.45, 2.75) is 11.8 Å². The Morgan fingerprint density at radius 3 is 2.63 bits per heavy atom. The van der Waals surface area contributed by atoms with Crippen molar-refractivity contribution in [3.05, 3.63) is 18.2 Å². The van der Waals surface area contributed by atoms with Crippen molar-refractivity contribution in [3.63, 3.8) is 0 Å². The van der Waals surface area contributed by atoms with Gasteiger partial charge in [0, 0.05) is 25.9 Å². The number of rotatable bonds is 7. The van der Waals surface area contributed by atoms with E-state index < -0.39 is 10.0 Å². The minimum absolute atomic E-state index is 0.0639. The first kappa shape index (κ1) is 15.7. The molecule has 0 saturated heterocycles. The quantitative estimate of drug-likeness (QED) is 0.596. The molecule has 0 aliphatic carbocycles. The Bertz CT molecular complexity index is 516. The zero-order valence-electron chi connectivity index (χ0n) is 11.4. The number of benzene rings is 1. The van der Waals surface area contributed by atoms with Crippen molar-refractivity contribution in [1.82, 2.24) is 4.31 Å². The van der Waals surface area contributed by atoms with E-state index >= 15 is 0 Å². The molecule has 0 aromatic heterocycles. The molecule has 0 heterocycles. The molecule has 1 aromatic rings. The van der Waals surface area contributed by atoms with Gasteiger partial charge in [-0.05, 0) is 25.1 Å². The minimum Gasteiger partial charge on any atom is -0.495 e. The van der Waals surface area contributed by atoms with Gasteiger partial charge >= 0.3 is 0 Å². The minimum atomic E-state index is -3.64. The van der Waals surface area contributed by atoms with E-state index in [2.05, 4.69) is 0 Å². The Hall–Kier alpha value is -1.31. The molecule has 0 fully saturated rings. The molecular weight excluding hydrogens is 268 g/mol. The number of hydrogen-bond acceptors (Lipinski definition) is 5. The van der Waals surface area contributed by atoms with Crippen LogP contribution >= 0.6 is 0 Å². The van der Waals surface area contributed by atoms with Crippen molar-refractivity contribution in [1.29, 1.82) is 0 Å². The lowest BCUT2D eigenvalue weighted by Crippen LogP contribution is -2.30. The summed E-state index contributed by atoms with van der Waals surface area (Å²) in [4.78, 5) is 0.0639. The van der Waals surface area contributed by atoms with Crippen molar-refractivity contribution < 1.29 is 17.9 Å². The molecule has 0 aliphatic heterocycles. The van der Waals surface area contributed by atoms with E-state index in [1.54, 1.807) is 12.1 Å². The van der Waals surface area contributed by atoms with E-state index in [9.17, 15) is 8.42 Å². The number of hydrogen-bond donors (Lipinski definition) is 1. The second-order valence-corrected chi connectivity index (χ2v) is 5.95. The van der Waals surface area contributed by atoms with Gasteiger partial charge in [0.05, 0.1) is 13.7 Å². The molecule has 7 heteroatoms. The highest BCUT2D eigenvalue weighted by Gasteiger charge is 2.24.